The second-order valence-electron chi connectivity index (χ2n) is 15.5. The van der Waals surface area contributed by atoms with Crippen LogP contribution in [-0.4, -0.2) is 60.3 Å². The van der Waals surface area contributed by atoms with Crippen LogP contribution in [0.15, 0.2) is 170 Å². The average Bonchev–Trinajstić information content (AvgIpc) is 3.64. The molecule has 6 aromatic carbocycles. The first-order chi connectivity index (χ1) is 30.5. The van der Waals surface area contributed by atoms with Crippen molar-refractivity contribution in [1.29, 1.82) is 0 Å². The number of carbonyl (C=O) groups is 2. The second-order valence-corrected chi connectivity index (χ2v) is 16.6. The zero-order valence-corrected chi connectivity index (χ0v) is 35.4. The van der Waals surface area contributed by atoms with E-state index in [-0.39, 0.29) is 37.5 Å². The summed E-state index contributed by atoms with van der Waals surface area (Å²) in [6, 6.07) is 55.0. The molecule has 2 aliphatic rings. The molecule has 1 heterocycles. The van der Waals surface area contributed by atoms with Crippen molar-refractivity contribution in [3.63, 3.8) is 0 Å². The SMILES string of the molecule is CC(NC(=O)OCC1c2ccccc2-c2ccccc21)C(=O)S[C@H]1O[C@H](COCc2ccccc2)[C@@H](OCc2ccccc2)[C@H](OCc2ccccc2)[C@H]1OCc1ccccc1. The minimum Gasteiger partial charge on any atom is -0.449 e. The molecule has 6 atom stereocenters. The fraction of sp³-hybridized carbons (Fsp3) is 0.269. The van der Waals surface area contributed by atoms with E-state index in [1.165, 1.54) is 0 Å². The van der Waals surface area contributed by atoms with Crippen LogP contribution in [0.5, 0.6) is 0 Å². The lowest BCUT2D eigenvalue weighted by Crippen LogP contribution is -2.60. The minimum absolute atomic E-state index is 0.113. The third kappa shape index (κ3) is 11.1. The van der Waals surface area contributed by atoms with Gasteiger partial charge in [0.1, 0.15) is 36.5 Å². The molecule has 1 unspecified atom stereocenters. The number of carbonyl (C=O) groups excluding carboxylic acids is 2. The average molecular weight is 850 g/mol. The number of amides is 1. The maximum absolute atomic E-state index is 14.2. The van der Waals surface area contributed by atoms with Crippen LogP contribution in [-0.2, 0) is 59.6 Å². The first-order valence-corrected chi connectivity index (χ1v) is 21.9. The first-order valence-electron chi connectivity index (χ1n) is 21.1. The lowest BCUT2D eigenvalue weighted by atomic mass is 9.98. The first kappa shape index (κ1) is 43.1. The summed E-state index contributed by atoms with van der Waals surface area (Å²) in [5.41, 5.74) is 7.54. The summed E-state index contributed by atoms with van der Waals surface area (Å²) in [6.07, 6.45) is -3.47. The summed E-state index contributed by atoms with van der Waals surface area (Å²) >= 11 is 0.967. The van der Waals surface area contributed by atoms with Gasteiger partial charge in [-0.2, -0.15) is 0 Å². The van der Waals surface area contributed by atoms with E-state index < -0.39 is 42.0 Å². The van der Waals surface area contributed by atoms with Crippen LogP contribution in [0.1, 0.15) is 46.2 Å². The van der Waals surface area contributed by atoms with E-state index in [0.717, 1.165) is 56.3 Å². The fourth-order valence-electron chi connectivity index (χ4n) is 7.93. The highest BCUT2D eigenvalue weighted by atomic mass is 32.2. The molecule has 10 heteroatoms. The molecule has 0 saturated carbocycles. The van der Waals surface area contributed by atoms with Crippen LogP contribution in [0, 0.1) is 0 Å². The highest BCUT2D eigenvalue weighted by Crippen LogP contribution is 2.44. The quantitative estimate of drug-likeness (QED) is 0.0906. The Bertz CT molecular complexity index is 2290. The van der Waals surface area contributed by atoms with E-state index in [1.807, 2.05) is 146 Å². The Morgan fingerprint density at radius 2 is 0.984 bits per heavy atom. The van der Waals surface area contributed by atoms with E-state index in [2.05, 4.69) is 29.6 Å². The Morgan fingerprint density at radius 3 is 1.50 bits per heavy atom. The monoisotopic (exact) mass is 849 g/mol. The number of nitrogens with one attached hydrogen (secondary N) is 1. The molecule has 1 N–H and O–H groups in total. The number of thioether (sulfide) groups is 1. The lowest BCUT2D eigenvalue weighted by molar-refractivity contribution is -0.254. The van der Waals surface area contributed by atoms with Gasteiger partial charge in [-0.05, 0) is 51.4 Å². The van der Waals surface area contributed by atoms with Gasteiger partial charge in [-0.1, -0.05) is 182 Å². The van der Waals surface area contributed by atoms with Crippen molar-refractivity contribution in [2.75, 3.05) is 13.2 Å². The van der Waals surface area contributed by atoms with Crippen LogP contribution in [0.2, 0.25) is 0 Å². The van der Waals surface area contributed by atoms with Crippen molar-refractivity contribution < 1.29 is 38.0 Å². The van der Waals surface area contributed by atoms with Gasteiger partial charge >= 0.3 is 6.09 Å². The molecule has 0 bridgehead atoms. The van der Waals surface area contributed by atoms with E-state index >= 15 is 0 Å². The van der Waals surface area contributed by atoms with Crippen LogP contribution < -0.4 is 5.32 Å². The van der Waals surface area contributed by atoms with Gasteiger partial charge in [0, 0.05) is 5.92 Å². The van der Waals surface area contributed by atoms with Crippen molar-refractivity contribution in [2.24, 2.45) is 0 Å². The molecular weight excluding hydrogens is 799 g/mol. The van der Waals surface area contributed by atoms with Gasteiger partial charge in [-0.25, -0.2) is 4.79 Å². The number of ether oxygens (including phenoxy) is 6. The molecule has 1 fully saturated rings. The molecule has 0 spiro atoms. The molecule has 1 aliphatic carbocycles. The smallest absolute Gasteiger partial charge is 0.407 e. The Balaban J connectivity index is 1.02. The summed E-state index contributed by atoms with van der Waals surface area (Å²) in [4.78, 5) is 27.5. The summed E-state index contributed by atoms with van der Waals surface area (Å²) in [6.45, 7) is 3.08. The Hall–Kier alpha value is -5.59. The molecule has 1 amide bonds. The Kier molecular flexibility index (Phi) is 14.9. The van der Waals surface area contributed by atoms with Gasteiger partial charge in [0.2, 0.25) is 5.12 Å². The predicted molar refractivity (Wildman–Crippen MR) is 240 cm³/mol. The van der Waals surface area contributed by atoms with Crippen LogP contribution in [0.4, 0.5) is 4.79 Å². The van der Waals surface area contributed by atoms with Gasteiger partial charge < -0.3 is 33.7 Å². The predicted octanol–water partition coefficient (Wildman–Crippen LogP) is 9.87. The molecule has 6 aromatic rings. The lowest BCUT2D eigenvalue weighted by Gasteiger charge is -2.46. The number of benzene rings is 6. The molecule has 1 aliphatic heterocycles. The van der Waals surface area contributed by atoms with E-state index in [9.17, 15) is 9.59 Å². The zero-order valence-electron chi connectivity index (χ0n) is 34.6. The third-order valence-corrected chi connectivity index (χ3v) is 12.3. The van der Waals surface area contributed by atoms with Crippen LogP contribution in [0.25, 0.3) is 11.1 Å². The molecule has 62 heavy (non-hydrogen) atoms. The number of hydrogen-bond donors (Lipinski definition) is 1. The van der Waals surface area contributed by atoms with Gasteiger partial charge in [0.05, 0.1) is 39.1 Å². The van der Waals surface area contributed by atoms with E-state index in [1.54, 1.807) is 6.92 Å². The summed E-state index contributed by atoms with van der Waals surface area (Å²) in [5, 5.41) is 2.45. The molecule has 0 aromatic heterocycles. The molecule has 8 rings (SSSR count). The van der Waals surface area contributed by atoms with Crippen molar-refractivity contribution in [3.8, 4) is 11.1 Å². The van der Waals surface area contributed by atoms with Gasteiger partial charge in [-0.3, -0.25) is 4.79 Å². The largest absolute Gasteiger partial charge is 0.449 e. The van der Waals surface area contributed by atoms with Crippen molar-refractivity contribution >= 4 is 23.0 Å². The molecule has 318 valence electrons. The van der Waals surface area contributed by atoms with Crippen molar-refractivity contribution in [2.45, 2.75) is 75.2 Å². The minimum atomic E-state index is -0.919. The fourth-order valence-corrected chi connectivity index (χ4v) is 8.99. The topological polar surface area (TPSA) is 102 Å². The van der Waals surface area contributed by atoms with E-state index in [0.29, 0.717) is 13.2 Å². The Labute approximate surface area is 367 Å². The Morgan fingerprint density at radius 1 is 0.548 bits per heavy atom. The molecule has 9 nitrogen and oxygen atoms in total. The maximum atomic E-state index is 14.2. The van der Waals surface area contributed by atoms with Crippen LogP contribution >= 0.6 is 11.8 Å². The zero-order chi connectivity index (χ0) is 42.5. The van der Waals surface area contributed by atoms with Gasteiger partial charge in [0.25, 0.3) is 0 Å². The van der Waals surface area contributed by atoms with Crippen LogP contribution in [0.3, 0.4) is 0 Å². The summed E-state index contributed by atoms with van der Waals surface area (Å²) in [7, 11) is 0. The molecular formula is C52H51NO8S. The molecule has 1 saturated heterocycles. The summed E-state index contributed by atoms with van der Waals surface area (Å²) < 4.78 is 39.3. The summed E-state index contributed by atoms with van der Waals surface area (Å²) in [5.74, 6) is -0.113. The highest BCUT2D eigenvalue weighted by Gasteiger charge is 2.50. The second kappa shape index (κ2) is 21.5. The number of alkyl carbamates (subject to hydrolysis) is 1. The highest BCUT2D eigenvalue weighted by molar-refractivity contribution is 8.14. The number of fused-ring (bicyclic) bond motifs is 3. The number of hydrogen-bond acceptors (Lipinski definition) is 9. The standard InChI is InChI=1S/C52H51NO8S/c1-36(53-52(55)60-34-45-43-28-16-14-26-41(43)42-27-15-17-29-44(42)45)50(54)62-51-49(59-33-40-24-12-5-13-25-40)48(58-32-39-22-10-4-11-23-39)47(57-31-38-20-8-3-9-21-38)46(61-51)35-56-30-37-18-6-2-7-19-37/h2-29,36,45-49,51H,30-35H2,1H3,(H,53,55)/t36?,46-,47-,48+,49-,51-/m1/s1. The van der Waals surface area contributed by atoms with Gasteiger partial charge in [-0.15, -0.1) is 0 Å². The van der Waals surface area contributed by atoms with Crippen molar-refractivity contribution in [1.82, 2.24) is 5.32 Å². The normalized spacial score (nSPS) is 19.9. The molecule has 0 radical (unpaired) electrons. The van der Waals surface area contributed by atoms with Crippen molar-refractivity contribution in [3.05, 3.63) is 203 Å². The third-order valence-electron chi connectivity index (χ3n) is 11.1. The van der Waals surface area contributed by atoms with Gasteiger partial charge in [0.15, 0.2) is 0 Å². The maximum Gasteiger partial charge on any atom is 0.407 e. The van der Waals surface area contributed by atoms with E-state index in [4.69, 9.17) is 28.4 Å². The number of rotatable bonds is 18.